The summed E-state index contributed by atoms with van der Waals surface area (Å²) >= 11 is 6.18. The fourth-order valence-electron chi connectivity index (χ4n) is 2.26. The van der Waals surface area contributed by atoms with Gasteiger partial charge in [-0.3, -0.25) is 4.68 Å². The highest BCUT2D eigenvalue weighted by Crippen LogP contribution is 2.28. The van der Waals surface area contributed by atoms with Crippen LogP contribution in [-0.2, 0) is 13.5 Å². The van der Waals surface area contributed by atoms with Gasteiger partial charge in [-0.25, -0.2) is 0 Å². The van der Waals surface area contributed by atoms with Crippen LogP contribution in [0.2, 0.25) is 0 Å². The van der Waals surface area contributed by atoms with Crippen LogP contribution in [0.1, 0.15) is 25.3 Å². The molecule has 0 saturated carbocycles. The molecule has 2 unspecified atom stereocenters. The van der Waals surface area contributed by atoms with Crippen molar-refractivity contribution in [2.75, 3.05) is 0 Å². The standard InChI is InChI=1S/C12H17ClN2/c1-9-3-10(6-12(13)4-9)5-11-7-14-15(2)8-11/h6-9,12H,3-5H2,1-2H3. The zero-order chi connectivity index (χ0) is 10.8. The van der Waals surface area contributed by atoms with Gasteiger partial charge in [-0.2, -0.15) is 5.10 Å². The third-order valence-electron chi connectivity index (χ3n) is 2.84. The quantitative estimate of drug-likeness (QED) is 0.558. The lowest BCUT2D eigenvalue weighted by molar-refractivity contribution is 0.508. The van der Waals surface area contributed by atoms with Gasteiger partial charge < -0.3 is 0 Å². The molecule has 1 heterocycles. The first-order chi connectivity index (χ1) is 7.13. The predicted molar refractivity (Wildman–Crippen MR) is 63.0 cm³/mol. The van der Waals surface area contributed by atoms with Gasteiger partial charge >= 0.3 is 0 Å². The van der Waals surface area contributed by atoms with E-state index in [0.29, 0.717) is 5.92 Å². The molecule has 1 aliphatic carbocycles. The van der Waals surface area contributed by atoms with E-state index in [1.807, 2.05) is 17.9 Å². The average Bonchev–Trinajstić information content (AvgIpc) is 2.49. The molecule has 2 nitrogen and oxygen atoms in total. The molecule has 0 amide bonds. The van der Waals surface area contributed by atoms with Gasteiger partial charge in [-0.1, -0.05) is 18.6 Å². The van der Waals surface area contributed by atoms with Crippen LogP contribution in [0.4, 0.5) is 0 Å². The largest absolute Gasteiger partial charge is 0.276 e. The lowest BCUT2D eigenvalue weighted by Gasteiger charge is -2.22. The minimum absolute atomic E-state index is 0.223. The molecule has 1 aromatic heterocycles. The molecule has 1 aliphatic rings. The van der Waals surface area contributed by atoms with Crippen LogP contribution in [0.5, 0.6) is 0 Å². The molecule has 0 radical (unpaired) electrons. The first kappa shape index (κ1) is 10.7. The van der Waals surface area contributed by atoms with Crippen molar-refractivity contribution in [3.8, 4) is 0 Å². The van der Waals surface area contributed by atoms with E-state index >= 15 is 0 Å². The fourth-order valence-corrected chi connectivity index (χ4v) is 2.75. The Bertz CT molecular complexity index is 367. The number of hydrogen-bond acceptors (Lipinski definition) is 1. The summed E-state index contributed by atoms with van der Waals surface area (Å²) in [6, 6.07) is 0. The van der Waals surface area contributed by atoms with Crippen LogP contribution in [0.25, 0.3) is 0 Å². The molecular weight excluding hydrogens is 208 g/mol. The third kappa shape index (κ3) is 2.85. The van der Waals surface area contributed by atoms with Gasteiger partial charge in [0.15, 0.2) is 0 Å². The summed E-state index contributed by atoms with van der Waals surface area (Å²) in [7, 11) is 1.95. The van der Waals surface area contributed by atoms with E-state index in [9.17, 15) is 0 Å². The maximum Gasteiger partial charge on any atom is 0.0524 e. The second-order valence-corrected chi connectivity index (χ2v) is 5.15. The van der Waals surface area contributed by atoms with Crippen molar-refractivity contribution in [3.05, 3.63) is 29.6 Å². The van der Waals surface area contributed by atoms with Crippen LogP contribution >= 0.6 is 11.6 Å². The van der Waals surface area contributed by atoms with Crippen molar-refractivity contribution >= 4 is 11.6 Å². The van der Waals surface area contributed by atoms with Gasteiger partial charge in [0.05, 0.1) is 11.6 Å². The van der Waals surface area contributed by atoms with Crippen LogP contribution in [0.3, 0.4) is 0 Å². The monoisotopic (exact) mass is 224 g/mol. The van der Waals surface area contributed by atoms with E-state index in [-0.39, 0.29) is 5.38 Å². The van der Waals surface area contributed by atoms with Gasteiger partial charge in [0.25, 0.3) is 0 Å². The molecule has 0 aromatic carbocycles. The van der Waals surface area contributed by atoms with Crippen molar-refractivity contribution < 1.29 is 0 Å². The topological polar surface area (TPSA) is 17.8 Å². The number of rotatable bonds is 2. The van der Waals surface area contributed by atoms with Crippen LogP contribution in [0, 0.1) is 5.92 Å². The minimum Gasteiger partial charge on any atom is -0.276 e. The third-order valence-corrected chi connectivity index (χ3v) is 3.15. The van der Waals surface area contributed by atoms with E-state index in [2.05, 4.69) is 24.3 Å². The average molecular weight is 225 g/mol. The van der Waals surface area contributed by atoms with E-state index in [0.717, 1.165) is 12.8 Å². The molecule has 2 atom stereocenters. The Morgan fingerprint density at radius 1 is 1.60 bits per heavy atom. The lowest BCUT2D eigenvalue weighted by atomic mass is 9.87. The van der Waals surface area contributed by atoms with E-state index in [1.165, 1.54) is 17.6 Å². The highest BCUT2D eigenvalue weighted by Gasteiger charge is 2.17. The summed E-state index contributed by atoms with van der Waals surface area (Å²) in [5.41, 5.74) is 2.74. The summed E-state index contributed by atoms with van der Waals surface area (Å²) < 4.78 is 1.85. The smallest absolute Gasteiger partial charge is 0.0524 e. The van der Waals surface area contributed by atoms with Gasteiger partial charge in [0, 0.05) is 13.2 Å². The highest BCUT2D eigenvalue weighted by atomic mass is 35.5. The minimum atomic E-state index is 0.223. The molecule has 1 aromatic rings. The van der Waals surface area contributed by atoms with E-state index in [1.54, 1.807) is 0 Å². The number of aryl methyl sites for hydroxylation is 1. The summed E-state index contributed by atoms with van der Waals surface area (Å²) in [5.74, 6) is 0.712. The second kappa shape index (κ2) is 4.40. The van der Waals surface area contributed by atoms with Crippen molar-refractivity contribution in [3.63, 3.8) is 0 Å². The molecule has 0 aliphatic heterocycles. The van der Waals surface area contributed by atoms with Crippen molar-refractivity contribution in [2.24, 2.45) is 13.0 Å². The zero-order valence-electron chi connectivity index (χ0n) is 9.28. The molecule has 82 valence electrons. The van der Waals surface area contributed by atoms with Gasteiger partial charge in [-0.15, -0.1) is 11.6 Å². The van der Waals surface area contributed by atoms with Gasteiger partial charge in [-0.05, 0) is 30.7 Å². The molecule has 15 heavy (non-hydrogen) atoms. The maximum atomic E-state index is 6.18. The summed E-state index contributed by atoms with van der Waals surface area (Å²) in [6.07, 6.45) is 9.51. The Labute approximate surface area is 95.9 Å². The number of allylic oxidation sites excluding steroid dienone is 2. The first-order valence-corrected chi connectivity index (χ1v) is 5.88. The van der Waals surface area contributed by atoms with Gasteiger partial charge in [0.2, 0.25) is 0 Å². The molecule has 3 heteroatoms. The zero-order valence-corrected chi connectivity index (χ0v) is 10.0. The molecule has 0 spiro atoms. The Morgan fingerprint density at radius 2 is 2.40 bits per heavy atom. The number of halogens is 1. The normalized spacial score (nSPS) is 26.5. The highest BCUT2D eigenvalue weighted by molar-refractivity contribution is 6.21. The number of hydrogen-bond donors (Lipinski definition) is 0. The Morgan fingerprint density at radius 3 is 3.00 bits per heavy atom. The first-order valence-electron chi connectivity index (χ1n) is 5.44. The predicted octanol–water partition coefficient (Wildman–Crippen LogP) is 2.93. The molecule has 2 rings (SSSR count). The van der Waals surface area contributed by atoms with Crippen LogP contribution < -0.4 is 0 Å². The maximum absolute atomic E-state index is 6.18. The van der Waals surface area contributed by atoms with Gasteiger partial charge in [0.1, 0.15) is 0 Å². The fraction of sp³-hybridized carbons (Fsp3) is 0.583. The lowest BCUT2D eigenvalue weighted by Crippen LogP contribution is -2.12. The Kier molecular flexibility index (Phi) is 3.15. The summed E-state index contributed by atoms with van der Waals surface area (Å²) in [6.45, 7) is 2.27. The second-order valence-electron chi connectivity index (χ2n) is 4.58. The van der Waals surface area contributed by atoms with Crippen molar-refractivity contribution in [2.45, 2.75) is 31.6 Å². The number of aromatic nitrogens is 2. The molecule has 0 N–H and O–H groups in total. The molecular formula is C12H17ClN2. The Balaban J connectivity index is 2.05. The summed E-state index contributed by atoms with van der Waals surface area (Å²) in [4.78, 5) is 0. The van der Waals surface area contributed by atoms with Crippen LogP contribution in [-0.4, -0.2) is 15.2 Å². The number of alkyl halides is 1. The summed E-state index contributed by atoms with van der Waals surface area (Å²) in [5, 5.41) is 4.40. The Hall–Kier alpha value is -0.760. The van der Waals surface area contributed by atoms with Crippen molar-refractivity contribution in [1.29, 1.82) is 0 Å². The molecule has 0 saturated heterocycles. The van der Waals surface area contributed by atoms with E-state index < -0.39 is 0 Å². The number of nitrogens with zero attached hydrogens (tertiary/aromatic N) is 2. The SMILES string of the molecule is CC1CC(Cc2cnn(C)c2)=CC(Cl)C1. The van der Waals surface area contributed by atoms with Crippen molar-refractivity contribution in [1.82, 2.24) is 9.78 Å². The van der Waals surface area contributed by atoms with Crippen LogP contribution in [0.15, 0.2) is 24.0 Å². The molecule has 0 bridgehead atoms. The molecule has 0 fully saturated rings. The van der Waals surface area contributed by atoms with E-state index in [4.69, 9.17) is 11.6 Å².